The Kier molecular flexibility index (Phi) is 4.62. The Labute approximate surface area is 124 Å². The molecule has 1 aromatic rings. The lowest BCUT2D eigenvalue weighted by molar-refractivity contribution is 0.274. The molecule has 1 aliphatic heterocycles. The Bertz CT molecular complexity index is 467. The highest BCUT2D eigenvalue weighted by Crippen LogP contribution is 2.34. The van der Waals surface area contributed by atoms with Crippen molar-refractivity contribution < 1.29 is 4.74 Å². The minimum atomic E-state index is 0.225. The van der Waals surface area contributed by atoms with Crippen LogP contribution in [0.5, 0.6) is 5.75 Å². The fourth-order valence-electron chi connectivity index (χ4n) is 2.52. The van der Waals surface area contributed by atoms with Crippen LogP contribution in [0.1, 0.15) is 18.9 Å². The van der Waals surface area contributed by atoms with Gasteiger partial charge in [0.1, 0.15) is 5.75 Å². The lowest BCUT2D eigenvalue weighted by Gasteiger charge is -2.23. The molecule has 0 saturated carbocycles. The maximum absolute atomic E-state index is 6.27. The van der Waals surface area contributed by atoms with Gasteiger partial charge in [-0.2, -0.15) is 0 Å². The van der Waals surface area contributed by atoms with Gasteiger partial charge < -0.3 is 10.5 Å². The molecule has 0 bridgehead atoms. The van der Waals surface area contributed by atoms with Crippen molar-refractivity contribution in [3.8, 4) is 5.75 Å². The average Bonchev–Trinajstić information content (AvgIpc) is 2.76. The van der Waals surface area contributed by atoms with Gasteiger partial charge in [-0.15, -0.1) is 0 Å². The Balaban J connectivity index is 2.10. The van der Waals surface area contributed by atoms with E-state index in [2.05, 4.69) is 11.8 Å². The molecule has 19 heavy (non-hydrogen) atoms. The molecule has 1 saturated heterocycles. The molecular weight excluding hydrogens is 283 g/mol. The molecule has 0 radical (unpaired) electrons. The third-order valence-corrected chi connectivity index (χ3v) is 4.49. The van der Waals surface area contributed by atoms with Crippen LogP contribution in [0.4, 0.5) is 0 Å². The van der Waals surface area contributed by atoms with Crippen LogP contribution in [-0.4, -0.2) is 31.6 Å². The molecule has 1 aliphatic rings. The van der Waals surface area contributed by atoms with Crippen molar-refractivity contribution in [2.24, 2.45) is 11.1 Å². The summed E-state index contributed by atoms with van der Waals surface area (Å²) in [7, 11) is 1.59. The van der Waals surface area contributed by atoms with Gasteiger partial charge in [0.25, 0.3) is 0 Å². The molecule has 0 spiro atoms. The summed E-state index contributed by atoms with van der Waals surface area (Å²) in [6.45, 7) is 5.81. The number of rotatable bonds is 4. The molecule has 2 rings (SSSR count). The summed E-state index contributed by atoms with van der Waals surface area (Å²) in [6, 6.07) is 3.66. The molecule has 0 amide bonds. The summed E-state index contributed by atoms with van der Waals surface area (Å²) in [5.74, 6) is 0.614. The van der Waals surface area contributed by atoms with Crippen molar-refractivity contribution in [2.75, 3.05) is 26.7 Å². The monoisotopic (exact) mass is 302 g/mol. The van der Waals surface area contributed by atoms with E-state index < -0.39 is 0 Å². The van der Waals surface area contributed by atoms with Crippen LogP contribution >= 0.6 is 23.2 Å². The van der Waals surface area contributed by atoms with Crippen LogP contribution in [0.25, 0.3) is 0 Å². The lowest BCUT2D eigenvalue weighted by Crippen LogP contribution is -2.31. The number of methoxy groups -OCH3 is 1. The quantitative estimate of drug-likeness (QED) is 0.928. The molecule has 1 atom stereocenters. The maximum Gasteiger partial charge on any atom is 0.138 e. The first-order valence-electron chi connectivity index (χ1n) is 6.42. The topological polar surface area (TPSA) is 38.5 Å². The smallest absolute Gasteiger partial charge is 0.138 e. The third kappa shape index (κ3) is 3.34. The maximum atomic E-state index is 6.27. The number of ether oxygens (including phenoxy) is 1. The first-order chi connectivity index (χ1) is 8.97. The number of hydrogen-bond donors (Lipinski definition) is 1. The van der Waals surface area contributed by atoms with E-state index in [9.17, 15) is 0 Å². The zero-order valence-electron chi connectivity index (χ0n) is 11.4. The number of nitrogens with two attached hydrogens (primary N) is 1. The average molecular weight is 303 g/mol. The lowest BCUT2D eigenvalue weighted by atomic mass is 9.90. The Morgan fingerprint density at radius 3 is 2.68 bits per heavy atom. The molecule has 3 nitrogen and oxygen atoms in total. The van der Waals surface area contributed by atoms with Crippen molar-refractivity contribution in [1.29, 1.82) is 0 Å². The number of halogens is 2. The predicted octanol–water partition coefficient (Wildman–Crippen LogP) is 3.17. The minimum Gasteiger partial charge on any atom is -0.495 e. The SMILES string of the molecule is COc1cc(Cl)c(CN2CCC(C)(CN)C2)cc1Cl. The van der Waals surface area contributed by atoms with Gasteiger partial charge in [-0.05, 0) is 36.6 Å². The highest BCUT2D eigenvalue weighted by molar-refractivity contribution is 6.34. The number of nitrogens with zero attached hydrogens (tertiary/aromatic N) is 1. The fraction of sp³-hybridized carbons (Fsp3) is 0.571. The standard InChI is InChI=1S/C14H20Cl2N2O/c1-14(8-17)3-4-18(9-14)7-10-5-12(16)13(19-2)6-11(10)15/h5-6H,3-4,7-9,17H2,1-2H3. The van der Waals surface area contributed by atoms with Gasteiger partial charge in [-0.25, -0.2) is 0 Å². The first kappa shape index (κ1) is 14.9. The molecule has 1 unspecified atom stereocenters. The second kappa shape index (κ2) is 5.88. The van der Waals surface area contributed by atoms with Crippen LogP contribution in [0.15, 0.2) is 12.1 Å². The van der Waals surface area contributed by atoms with Crippen LogP contribution in [0.2, 0.25) is 10.0 Å². The van der Waals surface area contributed by atoms with E-state index in [4.69, 9.17) is 33.7 Å². The third-order valence-electron chi connectivity index (χ3n) is 3.84. The van der Waals surface area contributed by atoms with Crippen molar-refractivity contribution in [3.05, 3.63) is 27.7 Å². The van der Waals surface area contributed by atoms with Gasteiger partial charge in [0.05, 0.1) is 12.1 Å². The van der Waals surface area contributed by atoms with E-state index in [0.29, 0.717) is 15.8 Å². The van der Waals surface area contributed by atoms with E-state index in [-0.39, 0.29) is 5.41 Å². The highest BCUT2D eigenvalue weighted by atomic mass is 35.5. The summed E-state index contributed by atoms with van der Waals surface area (Å²) in [6.07, 6.45) is 1.13. The van der Waals surface area contributed by atoms with E-state index in [1.54, 1.807) is 13.2 Å². The van der Waals surface area contributed by atoms with Crippen molar-refractivity contribution >= 4 is 23.2 Å². The molecule has 1 aromatic carbocycles. The van der Waals surface area contributed by atoms with Crippen molar-refractivity contribution in [1.82, 2.24) is 4.90 Å². The summed E-state index contributed by atoms with van der Waals surface area (Å²) >= 11 is 12.4. The molecule has 1 fully saturated rings. The number of likely N-dealkylation sites (tertiary alicyclic amines) is 1. The van der Waals surface area contributed by atoms with Crippen LogP contribution in [0, 0.1) is 5.41 Å². The first-order valence-corrected chi connectivity index (χ1v) is 7.17. The Hall–Kier alpha value is -0.480. The van der Waals surface area contributed by atoms with E-state index in [1.165, 1.54) is 0 Å². The number of benzene rings is 1. The fourth-order valence-corrected chi connectivity index (χ4v) is 2.99. The molecule has 1 heterocycles. The van der Waals surface area contributed by atoms with E-state index >= 15 is 0 Å². The predicted molar refractivity (Wildman–Crippen MR) is 80.1 cm³/mol. The van der Waals surface area contributed by atoms with Gasteiger partial charge in [-0.3, -0.25) is 4.90 Å². The normalized spacial score (nSPS) is 23.8. The second-order valence-corrected chi connectivity index (χ2v) is 6.37. The summed E-state index contributed by atoms with van der Waals surface area (Å²) in [5, 5.41) is 1.30. The second-order valence-electron chi connectivity index (χ2n) is 5.55. The molecule has 2 N–H and O–H groups in total. The molecule has 106 valence electrons. The summed E-state index contributed by atoms with van der Waals surface area (Å²) in [4.78, 5) is 2.37. The number of hydrogen-bond acceptors (Lipinski definition) is 3. The van der Waals surface area contributed by atoms with Gasteiger partial charge in [0, 0.05) is 24.2 Å². The molecular formula is C14H20Cl2N2O. The van der Waals surface area contributed by atoms with Crippen LogP contribution in [0.3, 0.4) is 0 Å². The highest BCUT2D eigenvalue weighted by Gasteiger charge is 2.32. The summed E-state index contributed by atoms with van der Waals surface area (Å²) < 4.78 is 5.15. The Morgan fingerprint density at radius 2 is 2.11 bits per heavy atom. The van der Waals surface area contributed by atoms with Crippen LogP contribution < -0.4 is 10.5 Å². The summed E-state index contributed by atoms with van der Waals surface area (Å²) in [5.41, 5.74) is 7.09. The van der Waals surface area contributed by atoms with Crippen LogP contribution in [-0.2, 0) is 6.54 Å². The molecule has 5 heteroatoms. The van der Waals surface area contributed by atoms with Crippen molar-refractivity contribution in [2.45, 2.75) is 19.9 Å². The Morgan fingerprint density at radius 1 is 1.37 bits per heavy atom. The van der Waals surface area contributed by atoms with E-state index in [1.807, 2.05) is 6.07 Å². The largest absolute Gasteiger partial charge is 0.495 e. The zero-order valence-corrected chi connectivity index (χ0v) is 12.9. The van der Waals surface area contributed by atoms with Gasteiger partial charge in [-0.1, -0.05) is 30.1 Å². The van der Waals surface area contributed by atoms with Gasteiger partial charge >= 0.3 is 0 Å². The minimum absolute atomic E-state index is 0.225. The van der Waals surface area contributed by atoms with Gasteiger partial charge in [0.2, 0.25) is 0 Å². The molecule has 0 aromatic heterocycles. The van der Waals surface area contributed by atoms with Crippen molar-refractivity contribution in [3.63, 3.8) is 0 Å². The molecule has 0 aliphatic carbocycles. The zero-order chi connectivity index (χ0) is 14.0. The van der Waals surface area contributed by atoms with E-state index in [0.717, 1.165) is 38.2 Å². The van der Waals surface area contributed by atoms with Gasteiger partial charge in [0.15, 0.2) is 0 Å².